The molecule has 0 aromatic heterocycles. The molecule has 0 saturated carbocycles. The molecule has 0 bridgehead atoms. The van der Waals surface area contributed by atoms with Crippen LogP contribution in [0.5, 0.6) is 0 Å². The molecule has 0 aromatic carbocycles. The van der Waals surface area contributed by atoms with E-state index in [1.165, 1.54) is 103 Å². The van der Waals surface area contributed by atoms with Gasteiger partial charge in [0.1, 0.15) is 0 Å². The zero-order chi connectivity index (χ0) is 24.0. The van der Waals surface area contributed by atoms with Gasteiger partial charge in [0.25, 0.3) is 0 Å². The van der Waals surface area contributed by atoms with Crippen molar-refractivity contribution < 1.29 is 30.2 Å². The largest absolute Gasteiger partial charge is 1.00 e. The van der Waals surface area contributed by atoms with E-state index in [-0.39, 0.29) is 12.4 Å². The van der Waals surface area contributed by atoms with Crippen molar-refractivity contribution in [3.05, 3.63) is 0 Å². The summed E-state index contributed by atoms with van der Waals surface area (Å²) in [6.07, 6.45) is 21.1. The Morgan fingerprint density at radius 1 is 0.485 bits per heavy atom. The second kappa shape index (κ2) is 24.1. The van der Waals surface area contributed by atoms with E-state index in [1.807, 2.05) is 20.8 Å². The molecule has 6 heteroatoms. The fourth-order valence-corrected chi connectivity index (χ4v) is 7.16. The summed E-state index contributed by atoms with van der Waals surface area (Å²) >= 11 is 0. The third kappa shape index (κ3) is 21.4. The van der Waals surface area contributed by atoms with Gasteiger partial charge in [-0.3, -0.25) is 0 Å². The minimum absolute atomic E-state index is 0. The molecule has 0 aromatic rings. The molecular formula is C27H60ClNO3Si. The van der Waals surface area contributed by atoms with Gasteiger partial charge in [0.05, 0.1) is 27.2 Å². The molecule has 0 atom stereocenters. The van der Waals surface area contributed by atoms with Gasteiger partial charge in [0, 0.05) is 32.3 Å². The third-order valence-electron chi connectivity index (χ3n) is 6.46. The standard InChI is InChI=1S/C27H60NO3Si.ClH/c1-7-11-12-13-14-15-16-17-18-19-20-21-22-23-25-28(5,6)26-24-27-32(29-8-2,30-9-3)31-10-4;/h7-27H2,1-6H3;1H/q+1;/p-1. The van der Waals surface area contributed by atoms with Gasteiger partial charge in [0.15, 0.2) is 0 Å². The van der Waals surface area contributed by atoms with Gasteiger partial charge < -0.3 is 30.2 Å². The zero-order valence-corrected chi connectivity index (χ0v) is 25.2. The van der Waals surface area contributed by atoms with Crippen LogP contribution in [-0.2, 0) is 13.3 Å². The first-order valence-corrected chi connectivity index (χ1v) is 16.1. The first-order chi connectivity index (χ1) is 15.4. The van der Waals surface area contributed by atoms with E-state index in [4.69, 9.17) is 13.3 Å². The zero-order valence-electron chi connectivity index (χ0n) is 23.4. The van der Waals surface area contributed by atoms with Gasteiger partial charge in [-0.05, 0) is 33.6 Å². The molecule has 0 unspecified atom stereocenters. The fourth-order valence-electron chi connectivity index (χ4n) is 4.57. The van der Waals surface area contributed by atoms with E-state index in [9.17, 15) is 0 Å². The highest BCUT2D eigenvalue weighted by Crippen LogP contribution is 2.20. The average molecular weight is 510 g/mol. The Kier molecular flexibility index (Phi) is 25.9. The lowest BCUT2D eigenvalue weighted by atomic mass is 10.0. The van der Waals surface area contributed by atoms with Crippen LogP contribution >= 0.6 is 0 Å². The van der Waals surface area contributed by atoms with Crippen LogP contribution in [-0.4, -0.2) is 60.3 Å². The maximum atomic E-state index is 6.00. The number of nitrogens with zero attached hydrogens (tertiary/aromatic N) is 1. The normalized spacial score (nSPS) is 12.2. The second-order valence-corrected chi connectivity index (χ2v) is 12.8. The average Bonchev–Trinajstić information content (AvgIpc) is 2.74. The topological polar surface area (TPSA) is 27.7 Å². The van der Waals surface area contributed by atoms with Crippen molar-refractivity contribution in [1.82, 2.24) is 0 Å². The minimum Gasteiger partial charge on any atom is -1.00 e. The maximum absolute atomic E-state index is 6.00. The molecule has 0 amide bonds. The summed E-state index contributed by atoms with van der Waals surface area (Å²) < 4.78 is 19.1. The molecule has 0 N–H and O–H groups in total. The Bertz CT molecular complexity index is 383. The molecule has 33 heavy (non-hydrogen) atoms. The van der Waals surface area contributed by atoms with Crippen LogP contribution in [0.1, 0.15) is 124 Å². The highest BCUT2D eigenvalue weighted by molar-refractivity contribution is 6.60. The van der Waals surface area contributed by atoms with E-state index in [2.05, 4.69) is 21.0 Å². The quantitative estimate of drug-likeness (QED) is 0.0985. The molecule has 202 valence electrons. The Labute approximate surface area is 215 Å². The van der Waals surface area contributed by atoms with E-state index < -0.39 is 8.80 Å². The van der Waals surface area contributed by atoms with Gasteiger partial charge in [0.2, 0.25) is 0 Å². The molecule has 0 aliphatic rings. The number of hydrogen-bond acceptors (Lipinski definition) is 3. The Morgan fingerprint density at radius 2 is 0.818 bits per heavy atom. The first kappa shape index (κ1) is 35.5. The molecule has 0 aliphatic carbocycles. The van der Waals surface area contributed by atoms with Crippen LogP contribution in [0.3, 0.4) is 0 Å². The molecule has 0 fully saturated rings. The van der Waals surface area contributed by atoms with Crippen molar-refractivity contribution in [3.8, 4) is 0 Å². The lowest BCUT2D eigenvalue weighted by Crippen LogP contribution is -3.00. The van der Waals surface area contributed by atoms with E-state index >= 15 is 0 Å². The predicted molar refractivity (Wildman–Crippen MR) is 142 cm³/mol. The van der Waals surface area contributed by atoms with Crippen LogP contribution in [0.25, 0.3) is 0 Å². The van der Waals surface area contributed by atoms with Crippen molar-refractivity contribution >= 4 is 8.80 Å². The summed E-state index contributed by atoms with van der Waals surface area (Å²) in [4.78, 5) is 0. The van der Waals surface area contributed by atoms with E-state index in [0.29, 0.717) is 19.8 Å². The third-order valence-corrected chi connectivity index (χ3v) is 9.61. The second-order valence-electron chi connectivity index (χ2n) is 10.1. The lowest BCUT2D eigenvalue weighted by Gasteiger charge is -2.32. The summed E-state index contributed by atoms with van der Waals surface area (Å²) in [5.41, 5.74) is 0. The SMILES string of the molecule is CCCCCCCCCCCCCCCC[N+](C)(C)CCC[Si](OCC)(OCC)OCC.[Cl-]. The Morgan fingerprint density at radius 3 is 1.18 bits per heavy atom. The van der Waals surface area contributed by atoms with Gasteiger partial charge in [-0.25, -0.2) is 0 Å². The molecule has 0 heterocycles. The summed E-state index contributed by atoms with van der Waals surface area (Å²) in [5, 5.41) is 0. The summed E-state index contributed by atoms with van der Waals surface area (Å²) in [5.74, 6) is 0. The lowest BCUT2D eigenvalue weighted by molar-refractivity contribution is -0.890. The van der Waals surface area contributed by atoms with Crippen molar-refractivity contribution in [2.45, 2.75) is 130 Å². The summed E-state index contributed by atoms with van der Waals surface area (Å²) in [6.45, 7) is 12.9. The molecule has 0 saturated heterocycles. The number of quaternary nitrogens is 1. The highest BCUT2D eigenvalue weighted by atomic mass is 35.5. The minimum atomic E-state index is -2.48. The fraction of sp³-hybridized carbons (Fsp3) is 1.00. The summed E-state index contributed by atoms with van der Waals surface area (Å²) in [7, 11) is 2.26. The van der Waals surface area contributed by atoms with Gasteiger partial charge >= 0.3 is 8.80 Å². The smallest absolute Gasteiger partial charge is 0.501 e. The Balaban J connectivity index is 0. The van der Waals surface area contributed by atoms with Gasteiger partial charge in [-0.15, -0.1) is 0 Å². The molecule has 4 nitrogen and oxygen atoms in total. The molecule has 0 spiro atoms. The van der Waals surface area contributed by atoms with E-state index in [1.54, 1.807) is 0 Å². The van der Waals surface area contributed by atoms with E-state index in [0.717, 1.165) is 16.9 Å². The maximum Gasteiger partial charge on any atom is 0.501 e. The highest BCUT2D eigenvalue weighted by Gasteiger charge is 2.40. The van der Waals surface area contributed by atoms with Crippen molar-refractivity contribution in [2.75, 3.05) is 47.0 Å². The van der Waals surface area contributed by atoms with Crippen LogP contribution in [0.2, 0.25) is 6.04 Å². The van der Waals surface area contributed by atoms with Crippen molar-refractivity contribution in [1.29, 1.82) is 0 Å². The number of hydrogen-bond donors (Lipinski definition) is 0. The number of unbranched alkanes of at least 4 members (excludes halogenated alkanes) is 13. The number of halogens is 1. The summed E-state index contributed by atoms with van der Waals surface area (Å²) in [6, 6.07) is 0.933. The van der Waals surface area contributed by atoms with Crippen molar-refractivity contribution in [2.24, 2.45) is 0 Å². The first-order valence-electron chi connectivity index (χ1n) is 14.2. The van der Waals surface area contributed by atoms with Crippen LogP contribution < -0.4 is 12.4 Å². The van der Waals surface area contributed by atoms with Crippen molar-refractivity contribution in [3.63, 3.8) is 0 Å². The number of rotatable bonds is 25. The van der Waals surface area contributed by atoms with Crippen LogP contribution in [0, 0.1) is 0 Å². The molecule has 0 radical (unpaired) electrons. The Hall–Kier alpha value is 0.347. The van der Waals surface area contributed by atoms with Gasteiger partial charge in [-0.1, -0.05) is 84.0 Å². The molecular weight excluding hydrogens is 450 g/mol. The van der Waals surface area contributed by atoms with Crippen LogP contribution in [0.15, 0.2) is 0 Å². The molecule has 0 rings (SSSR count). The molecule has 0 aliphatic heterocycles. The van der Waals surface area contributed by atoms with Gasteiger partial charge in [-0.2, -0.15) is 0 Å². The van der Waals surface area contributed by atoms with Crippen LogP contribution in [0.4, 0.5) is 0 Å². The monoisotopic (exact) mass is 509 g/mol. The predicted octanol–water partition coefficient (Wildman–Crippen LogP) is 4.99.